The number of aliphatic hydroxyl groups excluding tert-OH is 1. The Bertz CT molecular complexity index is 1120. The van der Waals surface area contributed by atoms with E-state index in [1.54, 1.807) is 42.5 Å². The summed E-state index contributed by atoms with van der Waals surface area (Å²) in [6.07, 6.45) is 0.650. The number of benzene rings is 3. The summed E-state index contributed by atoms with van der Waals surface area (Å²) >= 11 is 0. The van der Waals surface area contributed by atoms with Crippen LogP contribution in [-0.2, 0) is 4.79 Å². The number of Topliss-reactive ketones (excluding diaryl/α,β-unsaturated/α-hetero) is 1. The molecular weight excluding hydrogens is 395 g/mol. The molecule has 0 radical (unpaired) electrons. The van der Waals surface area contributed by atoms with Gasteiger partial charge in [0.15, 0.2) is 5.78 Å². The molecule has 3 aromatic carbocycles. The van der Waals surface area contributed by atoms with Crippen molar-refractivity contribution < 1.29 is 19.0 Å². The van der Waals surface area contributed by atoms with Crippen molar-refractivity contribution >= 4 is 17.2 Å². The van der Waals surface area contributed by atoms with E-state index in [1.165, 1.54) is 31.4 Å². The first kappa shape index (κ1) is 21.8. The Balaban J connectivity index is 1.99. The number of carbonyl (C=O) groups excluding carboxylic acids is 1. The topological polar surface area (TPSA) is 82.4 Å². The monoisotopic (exact) mass is 418 g/mol. The van der Waals surface area contributed by atoms with Gasteiger partial charge in [-0.2, -0.15) is 0 Å². The van der Waals surface area contributed by atoms with Gasteiger partial charge in [-0.3, -0.25) is 10.2 Å². The molecule has 6 heteroatoms. The summed E-state index contributed by atoms with van der Waals surface area (Å²) < 4.78 is 18.7. The van der Waals surface area contributed by atoms with Crippen LogP contribution >= 0.6 is 0 Å². The molecule has 3 aromatic rings. The third-order valence-corrected chi connectivity index (χ3v) is 4.82. The number of aryl methyl sites for hydroxylation is 1. The summed E-state index contributed by atoms with van der Waals surface area (Å²) in [6.45, 7) is 1.88. The highest BCUT2D eigenvalue weighted by molar-refractivity contribution is 6.28. The quantitative estimate of drug-likeness (QED) is 0.261. The predicted molar refractivity (Wildman–Crippen MR) is 119 cm³/mol. The molecule has 0 aliphatic heterocycles. The van der Waals surface area contributed by atoms with Crippen molar-refractivity contribution in [1.29, 1.82) is 5.41 Å². The number of nitrogens with one attached hydrogen (secondary N) is 2. The van der Waals surface area contributed by atoms with Crippen LogP contribution in [0.2, 0.25) is 0 Å². The second-order valence-electron chi connectivity index (χ2n) is 7.01. The van der Waals surface area contributed by atoms with Crippen molar-refractivity contribution in [3.05, 3.63) is 107 Å². The van der Waals surface area contributed by atoms with E-state index in [-0.39, 0.29) is 11.3 Å². The van der Waals surface area contributed by atoms with Crippen LogP contribution < -0.4 is 10.1 Å². The number of ketones is 1. The zero-order chi connectivity index (χ0) is 22.4. The van der Waals surface area contributed by atoms with Crippen LogP contribution in [0.4, 0.5) is 10.1 Å². The molecule has 0 saturated heterocycles. The maximum absolute atomic E-state index is 13.5. The minimum atomic E-state index is -0.962. The first-order valence-corrected chi connectivity index (χ1v) is 9.63. The van der Waals surface area contributed by atoms with Gasteiger partial charge in [0.1, 0.15) is 17.6 Å². The summed E-state index contributed by atoms with van der Waals surface area (Å²) in [7, 11) is 1.54. The van der Waals surface area contributed by atoms with Gasteiger partial charge in [-0.05, 0) is 42.8 Å². The number of carbonyl (C=O) groups is 1. The molecule has 1 atom stereocenters. The Morgan fingerprint density at radius 1 is 1.10 bits per heavy atom. The highest BCUT2D eigenvalue weighted by Gasteiger charge is 2.27. The molecule has 158 valence electrons. The van der Waals surface area contributed by atoms with Gasteiger partial charge in [-0.25, -0.2) is 4.39 Å². The summed E-state index contributed by atoms with van der Waals surface area (Å²) in [5.41, 5.74) is 2.27. The largest absolute Gasteiger partial charge is 0.515 e. The Morgan fingerprint density at radius 3 is 2.45 bits per heavy atom. The minimum Gasteiger partial charge on any atom is -0.515 e. The maximum atomic E-state index is 13.5. The van der Waals surface area contributed by atoms with Crippen molar-refractivity contribution in [2.24, 2.45) is 0 Å². The molecule has 0 aromatic heterocycles. The molecule has 1 unspecified atom stereocenters. The van der Waals surface area contributed by atoms with E-state index >= 15 is 0 Å². The van der Waals surface area contributed by atoms with Crippen LogP contribution in [0, 0.1) is 18.2 Å². The molecule has 31 heavy (non-hydrogen) atoms. The van der Waals surface area contributed by atoms with Crippen molar-refractivity contribution in [2.45, 2.75) is 13.0 Å². The van der Waals surface area contributed by atoms with E-state index in [2.05, 4.69) is 5.32 Å². The number of hydrogen-bond donors (Lipinski definition) is 3. The van der Waals surface area contributed by atoms with Crippen LogP contribution in [0.3, 0.4) is 0 Å². The zero-order valence-corrected chi connectivity index (χ0v) is 17.2. The van der Waals surface area contributed by atoms with Gasteiger partial charge in [0.25, 0.3) is 0 Å². The predicted octanol–water partition coefficient (Wildman–Crippen LogP) is 5.37. The van der Waals surface area contributed by atoms with E-state index in [0.29, 0.717) is 28.8 Å². The van der Waals surface area contributed by atoms with E-state index in [1.807, 2.05) is 13.0 Å². The van der Waals surface area contributed by atoms with Gasteiger partial charge in [0.2, 0.25) is 0 Å². The second kappa shape index (κ2) is 9.71. The second-order valence-corrected chi connectivity index (χ2v) is 7.01. The molecule has 0 fully saturated rings. The highest BCUT2D eigenvalue weighted by atomic mass is 19.1. The zero-order valence-electron chi connectivity index (χ0n) is 17.2. The third-order valence-electron chi connectivity index (χ3n) is 4.82. The number of methoxy groups -OCH3 is 1. The summed E-state index contributed by atoms with van der Waals surface area (Å²) in [4.78, 5) is 13.5. The number of hydrogen-bond acceptors (Lipinski definition) is 5. The molecule has 5 nitrogen and oxygen atoms in total. The maximum Gasteiger partial charge on any atom is 0.194 e. The van der Waals surface area contributed by atoms with Crippen molar-refractivity contribution in [1.82, 2.24) is 0 Å². The van der Waals surface area contributed by atoms with E-state index < -0.39 is 17.6 Å². The van der Waals surface area contributed by atoms with Crippen LogP contribution in [0.5, 0.6) is 5.75 Å². The normalized spacial score (nSPS) is 12.2. The Kier molecular flexibility index (Phi) is 6.82. The molecule has 0 aliphatic rings. The first-order valence-electron chi connectivity index (χ1n) is 9.63. The number of rotatable bonds is 8. The van der Waals surface area contributed by atoms with E-state index in [0.717, 1.165) is 5.56 Å². The molecule has 0 amide bonds. The number of ether oxygens (including phenoxy) is 1. The van der Waals surface area contributed by atoms with Crippen LogP contribution in [0.1, 0.15) is 22.7 Å². The van der Waals surface area contributed by atoms with Gasteiger partial charge in [0, 0.05) is 17.3 Å². The Hall–Kier alpha value is -3.93. The van der Waals surface area contributed by atoms with Gasteiger partial charge >= 0.3 is 0 Å². The number of halogens is 1. The average Bonchev–Trinajstić information content (AvgIpc) is 2.78. The molecule has 0 bridgehead atoms. The first-order chi connectivity index (χ1) is 14.9. The lowest BCUT2D eigenvalue weighted by molar-refractivity contribution is -0.116. The lowest BCUT2D eigenvalue weighted by atomic mass is 9.92. The Morgan fingerprint density at radius 2 is 1.81 bits per heavy atom. The highest BCUT2D eigenvalue weighted by Crippen LogP contribution is 2.27. The van der Waals surface area contributed by atoms with Crippen LogP contribution in [0.15, 0.2) is 84.6 Å². The van der Waals surface area contributed by atoms with E-state index in [9.17, 15) is 14.3 Å². The van der Waals surface area contributed by atoms with Gasteiger partial charge in [-0.15, -0.1) is 0 Å². The van der Waals surface area contributed by atoms with Crippen LogP contribution in [-0.4, -0.2) is 23.7 Å². The Labute approximate surface area is 180 Å². The van der Waals surface area contributed by atoms with Crippen molar-refractivity contribution in [3.63, 3.8) is 0 Å². The van der Waals surface area contributed by atoms with E-state index in [4.69, 9.17) is 10.1 Å². The molecule has 0 spiro atoms. The summed E-state index contributed by atoms with van der Waals surface area (Å²) in [5.74, 6) is -0.356. The summed E-state index contributed by atoms with van der Waals surface area (Å²) in [6, 6.07) is 18.7. The van der Waals surface area contributed by atoms with Gasteiger partial charge in [-0.1, -0.05) is 42.0 Å². The molecule has 0 aliphatic carbocycles. The fraction of sp³-hybridized carbons (Fsp3) is 0.120. The fourth-order valence-corrected chi connectivity index (χ4v) is 3.20. The van der Waals surface area contributed by atoms with Gasteiger partial charge < -0.3 is 15.2 Å². The summed E-state index contributed by atoms with van der Waals surface area (Å²) in [5, 5.41) is 21.5. The third kappa shape index (κ3) is 5.17. The molecule has 0 heterocycles. The molecule has 3 rings (SSSR count). The molecule has 3 N–H and O–H groups in total. The lowest BCUT2D eigenvalue weighted by Crippen LogP contribution is -2.26. The number of aliphatic hydroxyl groups is 1. The molecule has 0 saturated carbocycles. The minimum absolute atomic E-state index is 0.101. The number of anilines is 1. The SMILES string of the molecule is COc1cccc(NC(C(=O)/C(=C/O)C(=N)c2cccc(C)c2)c2ccc(F)cc2)c1. The molecular formula is C25H23FN2O3. The lowest BCUT2D eigenvalue weighted by Gasteiger charge is -2.21. The average molecular weight is 418 g/mol. The van der Waals surface area contributed by atoms with Crippen LogP contribution in [0.25, 0.3) is 0 Å². The van der Waals surface area contributed by atoms with Crippen molar-refractivity contribution in [3.8, 4) is 5.75 Å². The fourth-order valence-electron chi connectivity index (χ4n) is 3.20. The smallest absolute Gasteiger partial charge is 0.194 e. The van der Waals surface area contributed by atoms with Crippen molar-refractivity contribution in [2.75, 3.05) is 12.4 Å². The van der Waals surface area contributed by atoms with Gasteiger partial charge in [0.05, 0.1) is 24.7 Å². The standard InChI is InChI=1S/C25H23FN2O3/c1-16-5-3-6-18(13-16)23(27)22(15-29)25(30)24(17-9-11-19(26)12-10-17)28-20-7-4-8-21(14-20)31-2/h3-15,24,27-29H,1-2H3/b22-15+,27-23?.